The maximum absolute atomic E-state index is 6.22. The van der Waals surface area contributed by atoms with E-state index in [1.807, 2.05) is 18.2 Å². The zero-order chi connectivity index (χ0) is 13.8. The molecule has 1 aromatic heterocycles. The summed E-state index contributed by atoms with van der Waals surface area (Å²) in [7, 11) is 0. The van der Waals surface area contributed by atoms with E-state index in [-0.39, 0.29) is 0 Å². The van der Waals surface area contributed by atoms with Crippen LogP contribution < -0.4 is 4.74 Å². The van der Waals surface area contributed by atoms with E-state index in [1.165, 1.54) is 0 Å². The second-order valence-electron chi connectivity index (χ2n) is 4.97. The van der Waals surface area contributed by atoms with E-state index < -0.39 is 5.79 Å². The Hall–Kier alpha value is -1.39. The van der Waals surface area contributed by atoms with Crippen molar-refractivity contribution in [3.05, 3.63) is 30.7 Å². The largest absolute Gasteiger partial charge is 0.462 e. The van der Waals surface area contributed by atoms with Crippen molar-refractivity contribution in [3.63, 3.8) is 0 Å². The van der Waals surface area contributed by atoms with Crippen LogP contribution in [0.15, 0.2) is 30.7 Å². The predicted octanol–water partition coefficient (Wildman–Crippen LogP) is 3.53. The molecule has 0 amide bonds. The Bertz CT molecular complexity index is 580. The standard InChI is InChI=1S/C15H17ClN2O2/c16-8-9-19-15(6-1-2-7-15)20-14-5-3-4-13-12(14)10-17-11-18-13/h3-5,10-11H,1-2,6-9H2. The molecule has 1 aliphatic carbocycles. The number of alkyl halides is 1. The van der Waals surface area contributed by atoms with Crippen LogP contribution in [0.1, 0.15) is 25.7 Å². The lowest BCUT2D eigenvalue weighted by Gasteiger charge is -2.30. The van der Waals surface area contributed by atoms with Crippen LogP contribution in [0.25, 0.3) is 10.9 Å². The highest BCUT2D eigenvalue weighted by Crippen LogP contribution is 2.37. The van der Waals surface area contributed by atoms with Crippen LogP contribution in [0.5, 0.6) is 5.75 Å². The average Bonchev–Trinajstić information content (AvgIpc) is 2.95. The summed E-state index contributed by atoms with van der Waals surface area (Å²) in [5, 5.41) is 0.913. The Labute approximate surface area is 123 Å². The maximum atomic E-state index is 6.22. The fraction of sp³-hybridized carbons (Fsp3) is 0.467. The van der Waals surface area contributed by atoms with Gasteiger partial charge in [-0.2, -0.15) is 0 Å². The number of ether oxygens (including phenoxy) is 2. The third-order valence-electron chi connectivity index (χ3n) is 3.61. The van der Waals surface area contributed by atoms with Crippen molar-refractivity contribution in [1.82, 2.24) is 9.97 Å². The van der Waals surface area contributed by atoms with E-state index in [2.05, 4.69) is 9.97 Å². The summed E-state index contributed by atoms with van der Waals surface area (Å²) in [6.45, 7) is 0.503. The lowest BCUT2D eigenvalue weighted by atomic mass is 10.2. The highest BCUT2D eigenvalue weighted by Gasteiger charge is 2.37. The second kappa shape index (κ2) is 5.94. The number of halogens is 1. The Balaban J connectivity index is 1.90. The van der Waals surface area contributed by atoms with Gasteiger partial charge in [-0.25, -0.2) is 9.97 Å². The van der Waals surface area contributed by atoms with Crippen LogP contribution in [0.3, 0.4) is 0 Å². The highest BCUT2D eigenvalue weighted by atomic mass is 35.5. The van der Waals surface area contributed by atoms with Crippen LogP contribution in [-0.2, 0) is 4.74 Å². The number of hydrogen-bond acceptors (Lipinski definition) is 4. The van der Waals surface area contributed by atoms with E-state index in [0.29, 0.717) is 12.5 Å². The molecule has 0 radical (unpaired) electrons. The zero-order valence-corrected chi connectivity index (χ0v) is 12.0. The summed E-state index contributed by atoms with van der Waals surface area (Å²) in [6.07, 6.45) is 7.35. The highest BCUT2D eigenvalue weighted by molar-refractivity contribution is 6.17. The quantitative estimate of drug-likeness (QED) is 0.624. The van der Waals surface area contributed by atoms with Crippen LogP contribution >= 0.6 is 11.6 Å². The first-order chi connectivity index (χ1) is 9.83. The van der Waals surface area contributed by atoms with Crippen molar-refractivity contribution in [1.29, 1.82) is 0 Å². The normalized spacial score (nSPS) is 17.4. The van der Waals surface area contributed by atoms with Gasteiger partial charge in [0.1, 0.15) is 12.1 Å². The Morgan fingerprint density at radius 2 is 2.10 bits per heavy atom. The van der Waals surface area contributed by atoms with Crippen LogP contribution in [0, 0.1) is 0 Å². The van der Waals surface area contributed by atoms with Gasteiger partial charge in [0.05, 0.1) is 17.5 Å². The SMILES string of the molecule is ClCCOC1(Oc2cccc3ncncc23)CCCC1. The molecule has 20 heavy (non-hydrogen) atoms. The maximum Gasteiger partial charge on any atom is 0.210 e. The number of aromatic nitrogens is 2. The van der Waals surface area contributed by atoms with Gasteiger partial charge in [0.25, 0.3) is 0 Å². The topological polar surface area (TPSA) is 44.2 Å². The van der Waals surface area contributed by atoms with Gasteiger partial charge in [-0.05, 0) is 25.0 Å². The summed E-state index contributed by atoms with van der Waals surface area (Å²) >= 11 is 5.74. The van der Waals surface area contributed by atoms with Crippen molar-refractivity contribution >= 4 is 22.5 Å². The first-order valence-corrected chi connectivity index (χ1v) is 7.44. The van der Waals surface area contributed by atoms with Gasteiger partial charge < -0.3 is 9.47 Å². The van der Waals surface area contributed by atoms with Crippen LogP contribution in [0.2, 0.25) is 0 Å². The Kier molecular flexibility index (Phi) is 4.03. The Morgan fingerprint density at radius 3 is 2.90 bits per heavy atom. The minimum Gasteiger partial charge on any atom is -0.462 e. The van der Waals surface area contributed by atoms with E-state index in [4.69, 9.17) is 21.1 Å². The predicted molar refractivity (Wildman–Crippen MR) is 78.0 cm³/mol. The summed E-state index contributed by atoms with van der Waals surface area (Å²) < 4.78 is 12.1. The third kappa shape index (κ3) is 2.72. The number of nitrogens with zero attached hydrogens (tertiary/aromatic N) is 2. The van der Waals surface area contributed by atoms with Gasteiger partial charge in [0.15, 0.2) is 0 Å². The van der Waals surface area contributed by atoms with Gasteiger partial charge in [0.2, 0.25) is 5.79 Å². The summed E-state index contributed by atoms with van der Waals surface area (Å²) in [5.74, 6) is 0.711. The molecule has 3 rings (SSSR count). The summed E-state index contributed by atoms with van der Waals surface area (Å²) in [4.78, 5) is 8.33. The molecule has 0 spiro atoms. The molecule has 4 nitrogen and oxygen atoms in total. The molecule has 0 unspecified atom stereocenters. The van der Waals surface area contributed by atoms with Crippen molar-refractivity contribution in [2.75, 3.05) is 12.5 Å². The van der Waals surface area contributed by atoms with E-state index in [1.54, 1.807) is 12.5 Å². The monoisotopic (exact) mass is 292 g/mol. The van der Waals surface area contributed by atoms with Crippen molar-refractivity contribution in [2.45, 2.75) is 31.5 Å². The Morgan fingerprint density at radius 1 is 1.25 bits per heavy atom. The number of benzene rings is 1. The van der Waals surface area contributed by atoms with E-state index in [9.17, 15) is 0 Å². The molecular weight excluding hydrogens is 276 g/mol. The summed E-state index contributed by atoms with van der Waals surface area (Å²) in [6, 6.07) is 5.83. The van der Waals surface area contributed by atoms with Crippen LogP contribution in [0.4, 0.5) is 0 Å². The number of fused-ring (bicyclic) bond motifs is 1. The second-order valence-corrected chi connectivity index (χ2v) is 5.35. The lowest BCUT2D eigenvalue weighted by Crippen LogP contribution is -2.36. The molecule has 2 aromatic rings. The fourth-order valence-corrected chi connectivity index (χ4v) is 2.76. The molecular formula is C15H17ClN2O2. The molecule has 0 saturated heterocycles. The van der Waals surface area contributed by atoms with Crippen molar-refractivity contribution < 1.29 is 9.47 Å². The smallest absolute Gasteiger partial charge is 0.210 e. The molecule has 1 aliphatic rings. The molecule has 1 fully saturated rings. The molecule has 0 bridgehead atoms. The molecule has 5 heteroatoms. The molecule has 1 saturated carbocycles. The summed E-state index contributed by atoms with van der Waals surface area (Å²) in [5.41, 5.74) is 0.878. The van der Waals surface area contributed by atoms with Crippen molar-refractivity contribution in [3.8, 4) is 5.75 Å². The minimum absolute atomic E-state index is 0.476. The molecule has 1 heterocycles. The number of rotatable bonds is 5. The molecule has 0 aliphatic heterocycles. The average molecular weight is 293 g/mol. The molecule has 0 N–H and O–H groups in total. The molecule has 106 valence electrons. The van der Waals surface area contributed by atoms with Gasteiger partial charge >= 0.3 is 0 Å². The van der Waals surface area contributed by atoms with Gasteiger partial charge in [-0.3, -0.25) is 0 Å². The van der Waals surface area contributed by atoms with Gasteiger partial charge in [-0.15, -0.1) is 11.6 Å². The zero-order valence-electron chi connectivity index (χ0n) is 11.2. The van der Waals surface area contributed by atoms with Gasteiger partial charge in [0, 0.05) is 24.9 Å². The minimum atomic E-state index is -0.543. The van der Waals surface area contributed by atoms with Gasteiger partial charge in [-0.1, -0.05) is 6.07 Å². The molecule has 0 atom stereocenters. The number of hydrogen-bond donors (Lipinski definition) is 0. The fourth-order valence-electron chi connectivity index (χ4n) is 2.68. The van der Waals surface area contributed by atoms with Crippen LogP contribution in [-0.4, -0.2) is 28.2 Å². The van der Waals surface area contributed by atoms with E-state index in [0.717, 1.165) is 42.3 Å². The van der Waals surface area contributed by atoms with E-state index >= 15 is 0 Å². The molecule has 1 aromatic carbocycles. The van der Waals surface area contributed by atoms with Crippen molar-refractivity contribution in [2.24, 2.45) is 0 Å². The first-order valence-electron chi connectivity index (χ1n) is 6.91. The first kappa shape index (κ1) is 13.6. The third-order valence-corrected chi connectivity index (χ3v) is 3.77. The lowest BCUT2D eigenvalue weighted by molar-refractivity contribution is -0.173.